The van der Waals surface area contributed by atoms with Crippen molar-refractivity contribution < 1.29 is 0 Å². The highest BCUT2D eigenvalue weighted by Crippen LogP contribution is 2.25. The Balaban J connectivity index is 3.57. The van der Waals surface area contributed by atoms with Crippen molar-refractivity contribution in [2.24, 2.45) is 0 Å². The van der Waals surface area contributed by atoms with Gasteiger partial charge in [-0.1, -0.05) is 20.4 Å². The highest BCUT2D eigenvalue weighted by atomic mass is 32.2. The third-order valence-corrected chi connectivity index (χ3v) is 2.79. The van der Waals surface area contributed by atoms with Crippen LogP contribution in [0.1, 0.15) is 13.8 Å². The molecule has 52 valence electrons. The quantitative estimate of drug-likeness (QED) is 0.580. The van der Waals surface area contributed by atoms with E-state index in [0.29, 0.717) is 0 Å². The fourth-order valence-corrected chi connectivity index (χ4v) is 2.17. The van der Waals surface area contributed by atoms with E-state index in [1.165, 1.54) is 4.24 Å². The molecule has 0 saturated heterocycles. The topological polar surface area (TPSA) is 0 Å². The number of rotatable bonds is 4. The van der Waals surface area contributed by atoms with Gasteiger partial charge in [-0.15, -0.1) is 29.3 Å². The van der Waals surface area contributed by atoms with Crippen molar-refractivity contribution in [3.8, 4) is 0 Å². The minimum Gasteiger partial charge on any atom is -0.111 e. The molecule has 0 amide bonds. The zero-order valence-corrected chi connectivity index (χ0v) is 7.57. The van der Waals surface area contributed by atoms with Crippen molar-refractivity contribution >= 4 is 23.5 Å². The summed E-state index contributed by atoms with van der Waals surface area (Å²) in [4.78, 5) is 0. The molecular weight excluding hydrogens is 148 g/mol. The molecule has 0 rings (SSSR count). The van der Waals surface area contributed by atoms with Crippen molar-refractivity contribution in [3.63, 3.8) is 0 Å². The lowest BCUT2D eigenvalue weighted by Gasteiger charge is -1.96. The minimum absolute atomic E-state index is 1.12. The van der Waals surface area contributed by atoms with Gasteiger partial charge >= 0.3 is 0 Å². The third-order valence-electron chi connectivity index (χ3n) is 0.695. The van der Waals surface area contributed by atoms with Crippen molar-refractivity contribution in [1.29, 1.82) is 0 Å². The van der Waals surface area contributed by atoms with Gasteiger partial charge in [0.2, 0.25) is 0 Å². The Morgan fingerprint density at radius 3 is 2.00 bits per heavy atom. The van der Waals surface area contributed by atoms with Crippen LogP contribution in [0.25, 0.3) is 0 Å². The lowest BCUT2D eigenvalue weighted by Crippen LogP contribution is -1.70. The van der Waals surface area contributed by atoms with E-state index in [-0.39, 0.29) is 0 Å². The molecule has 9 heavy (non-hydrogen) atoms. The maximum atomic E-state index is 3.59. The molecule has 2 heteroatoms. The lowest BCUT2D eigenvalue weighted by atomic mass is 11.0. The Morgan fingerprint density at radius 2 is 1.78 bits per heavy atom. The molecule has 0 atom stereocenters. The highest BCUT2D eigenvalue weighted by molar-refractivity contribution is 8.22. The second-order valence-electron chi connectivity index (χ2n) is 1.33. The third kappa shape index (κ3) is 4.71. The smallest absolute Gasteiger partial charge is 0.0819 e. The van der Waals surface area contributed by atoms with E-state index in [1.54, 1.807) is 23.5 Å². The summed E-state index contributed by atoms with van der Waals surface area (Å²) in [6.45, 7) is 7.87. The van der Waals surface area contributed by atoms with Crippen LogP contribution in [0.15, 0.2) is 16.5 Å². The van der Waals surface area contributed by atoms with Crippen LogP contribution >= 0.6 is 23.5 Å². The fraction of sp³-hybridized carbons (Fsp3) is 0.571. The Kier molecular flexibility index (Phi) is 6.50. The fourth-order valence-electron chi connectivity index (χ4n) is 0.406. The molecule has 0 aromatic heterocycles. The zero-order valence-electron chi connectivity index (χ0n) is 5.94. The SMILES string of the molecule is C=C=C(SCC)SCC. The van der Waals surface area contributed by atoms with Crippen LogP contribution in [0.3, 0.4) is 0 Å². The van der Waals surface area contributed by atoms with Crippen LogP contribution in [0, 0.1) is 0 Å². The van der Waals surface area contributed by atoms with Gasteiger partial charge in [0.1, 0.15) is 0 Å². The average molecular weight is 160 g/mol. The molecule has 0 aliphatic carbocycles. The van der Waals surface area contributed by atoms with E-state index in [2.05, 4.69) is 26.2 Å². The van der Waals surface area contributed by atoms with E-state index in [0.717, 1.165) is 11.5 Å². The number of hydrogen-bond acceptors (Lipinski definition) is 2. The summed E-state index contributed by atoms with van der Waals surface area (Å²) in [5.41, 5.74) is 2.90. The van der Waals surface area contributed by atoms with Crippen molar-refractivity contribution in [2.75, 3.05) is 11.5 Å². The molecule has 0 nitrogen and oxygen atoms in total. The number of hydrogen-bond donors (Lipinski definition) is 0. The molecule has 0 aliphatic rings. The molecule has 0 bridgehead atoms. The van der Waals surface area contributed by atoms with E-state index in [1.807, 2.05) is 0 Å². The van der Waals surface area contributed by atoms with Gasteiger partial charge in [0.15, 0.2) is 0 Å². The minimum atomic E-state index is 1.12. The van der Waals surface area contributed by atoms with Crippen molar-refractivity contribution in [1.82, 2.24) is 0 Å². The average Bonchev–Trinajstić information content (AvgIpc) is 1.88. The molecule has 0 radical (unpaired) electrons. The first kappa shape index (κ1) is 9.22. The van der Waals surface area contributed by atoms with Gasteiger partial charge in [0.05, 0.1) is 4.24 Å². The summed E-state index contributed by atoms with van der Waals surface area (Å²) < 4.78 is 1.22. The van der Waals surface area contributed by atoms with Crippen LogP contribution in [0.4, 0.5) is 0 Å². The zero-order chi connectivity index (χ0) is 7.11. The van der Waals surface area contributed by atoms with Crippen molar-refractivity contribution in [2.45, 2.75) is 13.8 Å². The molecule has 0 N–H and O–H groups in total. The summed E-state index contributed by atoms with van der Waals surface area (Å²) in [6.07, 6.45) is 0. The molecule has 0 fully saturated rings. The van der Waals surface area contributed by atoms with Gasteiger partial charge in [0, 0.05) is 0 Å². The Labute approximate surface area is 65.8 Å². The van der Waals surface area contributed by atoms with Gasteiger partial charge in [0.25, 0.3) is 0 Å². The summed E-state index contributed by atoms with van der Waals surface area (Å²) in [6, 6.07) is 0. The largest absolute Gasteiger partial charge is 0.111 e. The first-order valence-corrected chi connectivity index (χ1v) is 4.97. The van der Waals surface area contributed by atoms with Gasteiger partial charge < -0.3 is 0 Å². The van der Waals surface area contributed by atoms with Crippen LogP contribution < -0.4 is 0 Å². The van der Waals surface area contributed by atoms with Crippen LogP contribution in [0.2, 0.25) is 0 Å². The predicted octanol–water partition coefficient (Wildman–Crippen LogP) is 3.12. The Morgan fingerprint density at radius 1 is 1.33 bits per heavy atom. The van der Waals surface area contributed by atoms with E-state index in [4.69, 9.17) is 0 Å². The molecular formula is C7H12S2. The molecule has 0 unspecified atom stereocenters. The first-order chi connectivity index (χ1) is 4.35. The normalized spacial score (nSPS) is 8.67. The van der Waals surface area contributed by atoms with Crippen LogP contribution in [-0.4, -0.2) is 11.5 Å². The predicted molar refractivity (Wildman–Crippen MR) is 48.9 cm³/mol. The summed E-state index contributed by atoms with van der Waals surface area (Å²) in [7, 11) is 0. The van der Waals surface area contributed by atoms with E-state index in [9.17, 15) is 0 Å². The molecule has 0 aromatic rings. The van der Waals surface area contributed by atoms with Gasteiger partial charge in [-0.25, -0.2) is 0 Å². The maximum absolute atomic E-state index is 3.59. The molecule has 0 saturated carbocycles. The Hall–Kier alpha value is 0.220. The van der Waals surface area contributed by atoms with Crippen molar-refractivity contribution in [3.05, 3.63) is 16.5 Å². The highest BCUT2D eigenvalue weighted by Gasteiger charge is 1.91. The maximum Gasteiger partial charge on any atom is 0.0819 e. The lowest BCUT2D eigenvalue weighted by molar-refractivity contribution is 1.53. The van der Waals surface area contributed by atoms with Gasteiger partial charge in [-0.3, -0.25) is 0 Å². The van der Waals surface area contributed by atoms with Gasteiger partial charge in [-0.05, 0) is 11.5 Å². The first-order valence-electron chi connectivity index (χ1n) is 3.00. The summed E-state index contributed by atoms with van der Waals surface area (Å²) >= 11 is 3.61. The summed E-state index contributed by atoms with van der Waals surface area (Å²) in [5.74, 6) is 2.23. The Bertz CT molecular complexity index is 104. The second-order valence-corrected chi connectivity index (χ2v) is 4.14. The van der Waals surface area contributed by atoms with Gasteiger partial charge in [-0.2, -0.15) is 0 Å². The van der Waals surface area contributed by atoms with E-state index < -0.39 is 0 Å². The summed E-state index contributed by atoms with van der Waals surface area (Å²) in [5, 5.41) is 0. The van der Waals surface area contributed by atoms with Crippen LogP contribution in [-0.2, 0) is 0 Å². The second kappa shape index (κ2) is 6.34. The monoisotopic (exact) mass is 160 g/mol. The molecule has 0 aliphatic heterocycles. The molecule has 0 aromatic carbocycles. The molecule has 0 heterocycles. The van der Waals surface area contributed by atoms with Crippen LogP contribution in [0.5, 0.6) is 0 Å². The van der Waals surface area contributed by atoms with E-state index >= 15 is 0 Å². The standard InChI is InChI=1S/C7H12S2/c1-4-7(8-5-2)9-6-3/h1,5-6H2,2-3H3. The number of thioether (sulfide) groups is 2. The molecule has 0 spiro atoms.